The van der Waals surface area contributed by atoms with Crippen molar-refractivity contribution in [3.8, 4) is 5.75 Å². The van der Waals surface area contributed by atoms with Crippen molar-refractivity contribution in [2.24, 2.45) is 10.9 Å². The summed E-state index contributed by atoms with van der Waals surface area (Å²) >= 11 is 0. The second kappa shape index (κ2) is 12.9. The van der Waals surface area contributed by atoms with Crippen LogP contribution in [0, 0.1) is 5.92 Å². The standard InChI is InChI=1S/C21H34N4O3.HI/c1-6-22-21(25-13-11-16(12-14-25)20(26)28-5)23-15-18(24(2)3)17-9-7-8-10-19(17)27-4;/h7-10,16,18H,6,11-15H2,1-5H3,(H,22,23);1H. The minimum absolute atomic E-state index is 0. The fraction of sp³-hybridized carbons (Fsp3) is 0.619. The highest BCUT2D eigenvalue weighted by atomic mass is 127. The maximum absolute atomic E-state index is 11.8. The van der Waals surface area contributed by atoms with Crippen LogP contribution < -0.4 is 10.1 Å². The quantitative estimate of drug-likeness (QED) is 0.259. The lowest BCUT2D eigenvalue weighted by Gasteiger charge is -2.33. The molecule has 7 nitrogen and oxygen atoms in total. The maximum Gasteiger partial charge on any atom is 0.308 e. The molecular formula is C21H35IN4O3. The van der Waals surface area contributed by atoms with E-state index >= 15 is 0 Å². The van der Waals surface area contributed by atoms with E-state index in [1.54, 1.807) is 7.11 Å². The molecule has 164 valence electrons. The topological polar surface area (TPSA) is 66.4 Å². The van der Waals surface area contributed by atoms with Gasteiger partial charge in [-0.3, -0.25) is 9.79 Å². The summed E-state index contributed by atoms with van der Waals surface area (Å²) in [7, 11) is 7.27. The first-order valence-corrected chi connectivity index (χ1v) is 9.92. The van der Waals surface area contributed by atoms with Crippen molar-refractivity contribution in [2.45, 2.75) is 25.8 Å². The van der Waals surface area contributed by atoms with E-state index in [1.165, 1.54) is 7.11 Å². The van der Waals surface area contributed by atoms with Crippen molar-refractivity contribution in [1.82, 2.24) is 15.1 Å². The van der Waals surface area contributed by atoms with Crippen LogP contribution in [0.4, 0.5) is 0 Å². The Bertz CT molecular complexity index is 661. The highest BCUT2D eigenvalue weighted by Crippen LogP contribution is 2.28. The lowest BCUT2D eigenvalue weighted by atomic mass is 9.97. The number of hydrogen-bond acceptors (Lipinski definition) is 5. The molecule has 29 heavy (non-hydrogen) atoms. The number of methoxy groups -OCH3 is 2. The number of carbonyl (C=O) groups is 1. The lowest BCUT2D eigenvalue weighted by Crippen LogP contribution is -2.47. The first-order valence-electron chi connectivity index (χ1n) is 9.92. The second-order valence-electron chi connectivity index (χ2n) is 7.20. The molecule has 1 fully saturated rings. The number of halogens is 1. The minimum atomic E-state index is -0.106. The number of benzene rings is 1. The molecule has 8 heteroatoms. The number of ether oxygens (including phenoxy) is 2. The molecule has 0 radical (unpaired) electrons. The fourth-order valence-corrected chi connectivity index (χ4v) is 3.57. The predicted molar refractivity (Wildman–Crippen MR) is 127 cm³/mol. The molecule has 0 aliphatic carbocycles. The molecule has 1 unspecified atom stereocenters. The number of rotatable bonds is 7. The lowest BCUT2D eigenvalue weighted by molar-refractivity contribution is -0.146. The van der Waals surface area contributed by atoms with Gasteiger partial charge in [-0.05, 0) is 39.9 Å². The van der Waals surface area contributed by atoms with Crippen molar-refractivity contribution < 1.29 is 14.3 Å². The van der Waals surface area contributed by atoms with Gasteiger partial charge in [-0.1, -0.05) is 18.2 Å². The largest absolute Gasteiger partial charge is 0.496 e. The molecule has 1 aromatic rings. The van der Waals surface area contributed by atoms with Crippen LogP contribution in [0.1, 0.15) is 31.4 Å². The third-order valence-corrected chi connectivity index (χ3v) is 5.20. The van der Waals surface area contributed by atoms with Gasteiger partial charge in [0, 0.05) is 25.2 Å². The average Bonchev–Trinajstić information content (AvgIpc) is 2.72. The van der Waals surface area contributed by atoms with Gasteiger partial charge in [-0.15, -0.1) is 24.0 Å². The van der Waals surface area contributed by atoms with E-state index in [1.807, 2.05) is 18.2 Å². The Morgan fingerprint density at radius 3 is 2.48 bits per heavy atom. The van der Waals surface area contributed by atoms with E-state index in [0.29, 0.717) is 6.54 Å². The summed E-state index contributed by atoms with van der Waals surface area (Å²) in [4.78, 5) is 21.1. The average molecular weight is 518 g/mol. The van der Waals surface area contributed by atoms with Crippen molar-refractivity contribution in [1.29, 1.82) is 0 Å². The molecular weight excluding hydrogens is 483 g/mol. The monoisotopic (exact) mass is 518 g/mol. The second-order valence-corrected chi connectivity index (χ2v) is 7.20. The third kappa shape index (κ3) is 7.02. The minimum Gasteiger partial charge on any atom is -0.496 e. The number of esters is 1. The van der Waals surface area contributed by atoms with Gasteiger partial charge in [0.2, 0.25) is 0 Å². The Kier molecular flexibility index (Phi) is 11.3. The summed E-state index contributed by atoms with van der Waals surface area (Å²) in [5, 5.41) is 3.39. The Labute approximate surface area is 191 Å². The van der Waals surface area contributed by atoms with Gasteiger partial charge in [-0.2, -0.15) is 0 Å². The van der Waals surface area contributed by atoms with Gasteiger partial charge in [-0.25, -0.2) is 0 Å². The highest BCUT2D eigenvalue weighted by molar-refractivity contribution is 14.0. The van der Waals surface area contributed by atoms with Crippen LogP contribution in [0.25, 0.3) is 0 Å². The zero-order chi connectivity index (χ0) is 20.5. The van der Waals surface area contributed by atoms with E-state index in [9.17, 15) is 4.79 Å². The van der Waals surface area contributed by atoms with Crippen LogP contribution in [0.2, 0.25) is 0 Å². The number of aliphatic imine (C=N–C) groups is 1. The van der Waals surface area contributed by atoms with Crippen LogP contribution in [0.15, 0.2) is 29.3 Å². The number of likely N-dealkylation sites (N-methyl/N-ethyl adjacent to an activating group) is 1. The van der Waals surface area contributed by atoms with E-state index in [4.69, 9.17) is 14.5 Å². The maximum atomic E-state index is 11.8. The van der Waals surface area contributed by atoms with Crippen LogP contribution >= 0.6 is 24.0 Å². The number of likely N-dealkylation sites (tertiary alicyclic amines) is 1. The summed E-state index contributed by atoms with van der Waals surface area (Å²) in [5.74, 6) is 1.66. The van der Waals surface area contributed by atoms with Crippen LogP contribution in [0.3, 0.4) is 0 Å². The van der Waals surface area contributed by atoms with Gasteiger partial charge in [0.15, 0.2) is 5.96 Å². The zero-order valence-electron chi connectivity index (χ0n) is 18.2. The summed E-state index contributed by atoms with van der Waals surface area (Å²) in [6.45, 7) is 5.09. The van der Waals surface area contributed by atoms with E-state index in [-0.39, 0.29) is 41.9 Å². The molecule has 1 atom stereocenters. The summed E-state index contributed by atoms with van der Waals surface area (Å²) in [6.07, 6.45) is 1.58. The first kappa shape index (κ1) is 25.5. The number of nitrogens with one attached hydrogen (secondary N) is 1. The van der Waals surface area contributed by atoms with Gasteiger partial charge < -0.3 is 24.6 Å². The molecule has 1 aliphatic rings. The zero-order valence-corrected chi connectivity index (χ0v) is 20.5. The number of guanidine groups is 1. The SMILES string of the molecule is CCNC(=NCC(c1ccccc1OC)N(C)C)N1CCC(C(=O)OC)CC1.I. The molecule has 1 heterocycles. The van der Waals surface area contributed by atoms with Crippen molar-refractivity contribution in [3.63, 3.8) is 0 Å². The third-order valence-electron chi connectivity index (χ3n) is 5.20. The Balaban J connectivity index is 0.00000420. The Morgan fingerprint density at radius 1 is 1.28 bits per heavy atom. The number of nitrogens with zero attached hydrogens (tertiary/aromatic N) is 3. The first-order chi connectivity index (χ1) is 13.5. The molecule has 0 saturated carbocycles. The highest BCUT2D eigenvalue weighted by Gasteiger charge is 2.27. The molecule has 0 amide bonds. The molecule has 0 bridgehead atoms. The van der Waals surface area contributed by atoms with Crippen LogP contribution in [-0.2, 0) is 9.53 Å². The van der Waals surface area contributed by atoms with Gasteiger partial charge in [0.05, 0.1) is 32.7 Å². The van der Waals surface area contributed by atoms with Gasteiger partial charge in [0.25, 0.3) is 0 Å². The summed E-state index contributed by atoms with van der Waals surface area (Å²) < 4.78 is 10.4. The number of piperidine rings is 1. The van der Waals surface area contributed by atoms with Crippen LogP contribution in [0.5, 0.6) is 5.75 Å². The van der Waals surface area contributed by atoms with Crippen LogP contribution in [-0.4, -0.2) is 76.2 Å². The predicted octanol–water partition coefficient (Wildman–Crippen LogP) is 2.77. The Hall–Kier alpha value is -1.55. The van der Waals surface area contributed by atoms with Crippen molar-refractivity contribution >= 4 is 35.9 Å². The van der Waals surface area contributed by atoms with Crippen molar-refractivity contribution in [2.75, 3.05) is 54.5 Å². The molecule has 1 N–H and O–H groups in total. The summed E-state index contributed by atoms with van der Waals surface area (Å²) in [5.41, 5.74) is 1.12. The Morgan fingerprint density at radius 2 is 1.93 bits per heavy atom. The normalized spacial score (nSPS) is 16.2. The van der Waals surface area contributed by atoms with Gasteiger partial charge >= 0.3 is 5.97 Å². The van der Waals surface area contributed by atoms with E-state index < -0.39 is 0 Å². The molecule has 1 aromatic carbocycles. The van der Waals surface area contributed by atoms with E-state index in [0.717, 1.165) is 49.7 Å². The molecule has 1 saturated heterocycles. The molecule has 2 rings (SSSR count). The smallest absolute Gasteiger partial charge is 0.308 e. The van der Waals surface area contributed by atoms with E-state index in [2.05, 4.69) is 42.2 Å². The number of carbonyl (C=O) groups excluding carboxylic acids is 1. The fourth-order valence-electron chi connectivity index (χ4n) is 3.57. The molecule has 0 aromatic heterocycles. The summed E-state index contributed by atoms with van der Waals surface area (Å²) in [6, 6.07) is 8.19. The molecule has 1 aliphatic heterocycles. The number of hydrogen-bond donors (Lipinski definition) is 1. The number of para-hydroxylation sites is 1. The van der Waals surface area contributed by atoms with Gasteiger partial charge in [0.1, 0.15) is 5.75 Å². The molecule has 0 spiro atoms. The van der Waals surface area contributed by atoms with Crippen molar-refractivity contribution in [3.05, 3.63) is 29.8 Å².